The molecule has 1 unspecified atom stereocenters. The lowest BCUT2D eigenvalue weighted by atomic mass is 10.2. The van der Waals surface area contributed by atoms with E-state index in [0.29, 0.717) is 11.3 Å². The predicted octanol–water partition coefficient (Wildman–Crippen LogP) is 0.609. The number of amides is 2. The molecule has 0 aliphatic rings. The summed E-state index contributed by atoms with van der Waals surface area (Å²) in [5.41, 5.74) is 0.816. The smallest absolute Gasteiger partial charge is 0.319 e. The van der Waals surface area contributed by atoms with Crippen molar-refractivity contribution in [1.29, 1.82) is 0 Å². The van der Waals surface area contributed by atoms with Gasteiger partial charge in [0.15, 0.2) is 0 Å². The normalized spacial score (nSPS) is 12.0. The largest absolute Gasteiger partial charge is 0.394 e. The molecule has 1 atom stereocenters. The van der Waals surface area contributed by atoms with Crippen molar-refractivity contribution in [3.05, 3.63) is 29.6 Å². The number of anilines is 1. The van der Waals surface area contributed by atoms with E-state index < -0.39 is 24.6 Å². The van der Waals surface area contributed by atoms with Crippen LogP contribution < -0.4 is 10.6 Å². The molecule has 0 spiro atoms. The molecule has 0 aliphatic carbocycles. The minimum absolute atomic E-state index is 0.0727. The highest BCUT2D eigenvalue weighted by atomic mass is 19.1. The number of rotatable bonds is 4. The summed E-state index contributed by atoms with van der Waals surface area (Å²) in [6.45, 7) is 1.12. The zero-order valence-electron chi connectivity index (χ0n) is 9.40. The Morgan fingerprint density at radius 2 is 2.24 bits per heavy atom. The van der Waals surface area contributed by atoms with E-state index in [0.717, 1.165) is 0 Å². The van der Waals surface area contributed by atoms with Gasteiger partial charge in [-0.1, -0.05) is 6.07 Å². The van der Waals surface area contributed by atoms with Crippen molar-refractivity contribution < 1.29 is 19.4 Å². The monoisotopic (exact) mass is 242 g/mol. The van der Waals surface area contributed by atoms with Crippen LogP contribution >= 0.6 is 0 Å². The minimum Gasteiger partial charge on any atom is -0.394 e. The molecule has 4 N–H and O–H groups in total. The van der Waals surface area contributed by atoms with Gasteiger partial charge in [-0.2, -0.15) is 0 Å². The third-order valence-electron chi connectivity index (χ3n) is 2.14. The van der Waals surface area contributed by atoms with E-state index in [1.807, 2.05) is 0 Å². The molecular weight excluding hydrogens is 227 g/mol. The second-order valence-corrected chi connectivity index (χ2v) is 3.64. The summed E-state index contributed by atoms with van der Waals surface area (Å²) in [5.74, 6) is -0.404. The van der Waals surface area contributed by atoms with E-state index >= 15 is 0 Å². The van der Waals surface area contributed by atoms with E-state index in [1.54, 1.807) is 19.1 Å². The third-order valence-corrected chi connectivity index (χ3v) is 2.14. The number of aliphatic hydroxyl groups is 2. The van der Waals surface area contributed by atoms with Crippen molar-refractivity contribution in [2.45, 2.75) is 13.0 Å². The average Bonchev–Trinajstić information content (AvgIpc) is 2.31. The van der Waals surface area contributed by atoms with Crippen LogP contribution in [-0.4, -0.2) is 35.5 Å². The molecule has 0 radical (unpaired) electrons. The van der Waals surface area contributed by atoms with Crippen LogP contribution in [0.1, 0.15) is 5.56 Å². The molecule has 1 aromatic rings. The number of benzene rings is 1. The zero-order chi connectivity index (χ0) is 12.8. The Labute approximate surface area is 98.3 Å². The molecule has 6 heteroatoms. The van der Waals surface area contributed by atoms with Gasteiger partial charge in [0, 0.05) is 12.2 Å². The Kier molecular flexibility index (Phi) is 4.86. The fraction of sp³-hybridized carbons (Fsp3) is 0.364. The first-order valence-corrected chi connectivity index (χ1v) is 5.13. The van der Waals surface area contributed by atoms with Gasteiger partial charge < -0.3 is 20.8 Å². The summed E-state index contributed by atoms with van der Waals surface area (Å²) in [6.07, 6.45) is -1.00. The molecule has 0 saturated carbocycles. The Balaban J connectivity index is 2.48. The topological polar surface area (TPSA) is 81.6 Å². The van der Waals surface area contributed by atoms with E-state index in [2.05, 4.69) is 10.6 Å². The Hall–Kier alpha value is -1.66. The molecule has 1 rings (SSSR count). The first kappa shape index (κ1) is 13.4. The highest BCUT2D eigenvalue weighted by Crippen LogP contribution is 2.13. The lowest BCUT2D eigenvalue weighted by molar-refractivity contribution is 0.0965. The van der Waals surface area contributed by atoms with Crippen molar-refractivity contribution in [2.75, 3.05) is 18.5 Å². The molecule has 0 aromatic heterocycles. The van der Waals surface area contributed by atoms with Gasteiger partial charge in [0.1, 0.15) is 5.82 Å². The second-order valence-electron chi connectivity index (χ2n) is 3.64. The van der Waals surface area contributed by atoms with Gasteiger partial charge in [-0.25, -0.2) is 9.18 Å². The Morgan fingerprint density at radius 1 is 1.53 bits per heavy atom. The number of urea groups is 1. The summed E-state index contributed by atoms with van der Waals surface area (Å²) >= 11 is 0. The molecule has 1 aromatic carbocycles. The van der Waals surface area contributed by atoms with Crippen molar-refractivity contribution in [2.24, 2.45) is 0 Å². The first-order chi connectivity index (χ1) is 8.02. The summed E-state index contributed by atoms with van der Waals surface area (Å²) in [7, 11) is 0. The van der Waals surface area contributed by atoms with Gasteiger partial charge in [-0.05, 0) is 24.6 Å². The summed E-state index contributed by atoms with van der Waals surface area (Å²) in [4.78, 5) is 11.3. The number of aryl methyl sites for hydroxylation is 1. The minimum atomic E-state index is -1.00. The van der Waals surface area contributed by atoms with E-state index in [9.17, 15) is 9.18 Å². The maximum atomic E-state index is 13.2. The van der Waals surface area contributed by atoms with Crippen molar-refractivity contribution in [1.82, 2.24) is 5.32 Å². The molecule has 17 heavy (non-hydrogen) atoms. The van der Waals surface area contributed by atoms with Gasteiger partial charge in [0.2, 0.25) is 0 Å². The van der Waals surface area contributed by atoms with Gasteiger partial charge in [-0.15, -0.1) is 0 Å². The molecule has 0 bridgehead atoms. The van der Waals surface area contributed by atoms with Gasteiger partial charge in [-0.3, -0.25) is 0 Å². The van der Waals surface area contributed by atoms with Crippen LogP contribution in [0.15, 0.2) is 18.2 Å². The molecular formula is C11H15FN2O3. The van der Waals surface area contributed by atoms with E-state index in [-0.39, 0.29) is 6.54 Å². The summed E-state index contributed by atoms with van der Waals surface area (Å²) in [6, 6.07) is 3.76. The van der Waals surface area contributed by atoms with Gasteiger partial charge >= 0.3 is 6.03 Å². The van der Waals surface area contributed by atoms with Crippen LogP contribution in [-0.2, 0) is 0 Å². The highest BCUT2D eigenvalue weighted by molar-refractivity contribution is 5.89. The van der Waals surface area contributed by atoms with Crippen LogP contribution in [0.25, 0.3) is 0 Å². The molecule has 94 valence electrons. The second kappa shape index (κ2) is 6.17. The van der Waals surface area contributed by atoms with Crippen molar-refractivity contribution >= 4 is 11.7 Å². The molecule has 0 fully saturated rings. The fourth-order valence-corrected chi connectivity index (χ4v) is 1.12. The number of carbonyl (C=O) groups excluding carboxylic acids is 1. The quantitative estimate of drug-likeness (QED) is 0.624. The average molecular weight is 242 g/mol. The standard InChI is InChI=1S/C11H15FN2O3/c1-7-2-3-8(4-10(7)12)14-11(17)13-5-9(16)6-15/h2-4,9,15-16H,5-6H2,1H3,(H2,13,14,17). The van der Waals surface area contributed by atoms with Gasteiger partial charge in [0.05, 0.1) is 12.7 Å². The molecule has 0 heterocycles. The lowest BCUT2D eigenvalue weighted by Gasteiger charge is -2.10. The maximum absolute atomic E-state index is 13.2. The summed E-state index contributed by atoms with van der Waals surface area (Å²) < 4.78 is 13.2. The number of carbonyl (C=O) groups is 1. The highest BCUT2D eigenvalue weighted by Gasteiger charge is 2.06. The molecule has 5 nitrogen and oxygen atoms in total. The molecule has 0 saturated heterocycles. The Bertz CT molecular complexity index is 398. The first-order valence-electron chi connectivity index (χ1n) is 5.13. The lowest BCUT2D eigenvalue weighted by Crippen LogP contribution is -2.36. The maximum Gasteiger partial charge on any atom is 0.319 e. The van der Waals surface area contributed by atoms with Crippen LogP contribution in [0, 0.1) is 12.7 Å². The van der Waals surface area contributed by atoms with E-state index in [1.165, 1.54) is 6.07 Å². The van der Waals surface area contributed by atoms with Crippen LogP contribution in [0.2, 0.25) is 0 Å². The van der Waals surface area contributed by atoms with Crippen LogP contribution in [0.5, 0.6) is 0 Å². The van der Waals surface area contributed by atoms with E-state index in [4.69, 9.17) is 10.2 Å². The summed E-state index contributed by atoms with van der Waals surface area (Å²) in [5, 5.41) is 22.3. The number of hydrogen-bond acceptors (Lipinski definition) is 3. The SMILES string of the molecule is Cc1ccc(NC(=O)NCC(O)CO)cc1F. The third kappa shape index (κ3) is 4.38. The predicted molar refractivity (Wildman–Crippen MR) is 61.3 cm³/mol. The van der Waals surface area contributed by atoms with Crippen molar-refractivity contribution in [3.63, 3.8) is 0 Å². The van der Waals surface area contributed by atoms with Crippen LogP contribution in [0.4, 0.5) is 14.9 Å². The number of halogens is 1. The Morgan fingerprint density at radius 3 is 2.82 bits per heavy atom. The zero-order valence-corrected chi connectivity index (χ0v) is 9.40. The van der Waals surface area contributed by atoms with Gasteiger partial charge in [0.25, 0.3) is 0 Å². The molecule has 0 aliphatic heterocycles. The van der Waals surface area contributed by atoms with Crippen molar-refractivity contribution in [3.8, 4) is 0 Å². The molecule has 2 amide bonds. The number of hydrogen-bond donors (Lipinski definition) is 4. The number of aliphatic hydroxyl groups excluding tert-OH is 2. The fourth-order valence-electron chi connectivity index (χ4n) is 1.12. The number of nitrogens with one attached hydrogen (secondary N) is 2. The van der Waals surface area contributed by atoms with Crippen LogP contribution in [0.3, 0.4) is 0 Å².